The maximum Gasteiger partial charge on any atom is 0.145 e. The summed E-state index contributed by atoms with van der Waals surface area (Å²) < 4.78 is 0. The zero-order valence-corrected chi connectivity index (χ0v) is 9.58. The van der Waals surface area contributed by atoms with E-state index in [0.717, 1.165) is 18.3 Å². The van der Waals surface area contributed by atoms with E-state index in [9.17, 15) is 4.79 Å². The summed E-state index contributed by atoms with van der Waals surface area (Å²) in [5, 5.41) is 0. The van der Waals surface area contributed by atoms with Crippen molar-refractivity contribution in [2.45, 2.75) is 34.1 Å². The summed E-state index contributed by atoms with van der Waals surface area (Å²) >= 11 is 0. The molecule has 14 heavy (non-hydrogen) atoms. The second-order valence-electron chi connectivity index (χ2n) is 4.66. The van der Waals surface area contributed by atoms with Crippen LogP contribution in [0.4, 0.5) is 0 Å². The van der Waals surface area contributed by atoms with E-state index in [1.807, 2.05) is 6.92 Å². The number of hydrogen-bond donors (Lipinski definition) is 0. The predicted octanol–water partition coefficient (Wildman–Crippen LogP) is 3.37. The Morgan fingerprint density at radius 2 is 2.14 bits per heavy atom. The molecule has 0 aromatic rings. The molecule has 0 aromatic heterocycles. The van der Waals surface area contributed by atoms with Crippen molar-refractivity contribution in [2.75, 3.05) is 0 Å². The molecule has 0 radical (unpaired) electrons. The molecule has 3 unspecified atom stereocenters. The summed E-state index contributed by atoms with van der Waals surface area (Å²) in [6, 6.07) is 0. The third-order valence-electron chi connectivity index (χ3n) is 3.10. The maximum absolute atomic E-state index is 10.6. The predicted molar refractivity (Wildman–Crippen MR) is 60.0 cm³/mol. The fraction of sp³-hybridized carbons (Fsp3) is 0.615. The maximum atomic E-state index is 10.6. The van der Waals surface area contributed by atoms with Gasteiger partial charge in [0.1, 0.15) is 6.29 Å². The molecule has 1 rings (SSSR count). The van der Waals surface area contributed by atoms with E-state index in [2.05, 4.69) is 32.9 Å². The van der Waals surface area contributed by atoms with Crippen LogP contribution >= 0.6 is 0 Å². The number of rotatable bonds is 2. The average Bonchev–Trinajstić information content (AvgIpc) is 2.10. The van der Waals surface area contributed by atoms with Gasteiger partial charge in [0.2, 0.25) is 0 Å². The lowest BCUT2D eigenvalue weighted by Crippen LogP contribution is -2.21. The normalized spacial score (nSPS) is 33.9. The molecule has 1 heteroatoms. The Labute approximate surface area is 86.9 Å². The summed E-state index contributed by atoms with van der Waals surface area (Å²) in [6.07, 6.45) is 6.58. The first-order valence-electron chi connectivity index (χ1n) is 5.35. The van der Waals surface area contributed by atoms with Gasteiger partial charge in [-0.2, -0.15) is 0 Å². The molecule has 0 spiro atoms. The molecule has 3 atom stereocenters. The van der Waals surface area contributed by atoms with E-state index >= 15 is 0 Å². The van der Waals surface area contributed by atoms with Crippen molar-refractivity contribution >= 4 is 6.29 Å². The Morgan fingerprint density at radius 1 is 1.50 bits per heavy atom. The van der Waals surface area contributed by atoms with Crippen LogP contribution in [0.1, 0.15) is 34.1 Å². The molecule has 0 N–H and O–H groups in total. The van der Waals surface area contributed by atoms with Crippen molar-refractivity contribution in [3.8, 4) is 0 Å². The molecule has 0 aliphatic heterocycles. The molecule has 0 bridgehead atoms. The van der Waals surface area contributed by atoms with Crippen LogP contribution in [0, 0.1) is 17.8 Å². The number of hydrogen-bond acceptors (Lipinski definition) is 1. The molecule has 0 fully saturated rings. The van der Waals surface area contributed by atoms with E-state index in [-0.39, 0.29) is 0 Å². The summed E-state index contributed by atoms with van der Waals surface area (Å²) in [6.45, 7) is 8.59. The lowest BCUT2D eigenvalue weighted by atomic mass is 9.74. The highest BCUT2D eigenvalue weighted by molar-refractivity contribution is 5.72. The third-order valence-corrected chi connectivity index (χ3v) is 3.10. The first-order chi connectivity index (χ1) is 6.54. The first-order valence-corrected chi connectivity index (χ1v) is 5.35. The van der Waals surface area contributed by atoms with Crippen molar-refractivity contribution in [3.05, 3.63) is 23.3 Å². The fourth-order valence-electron chi connectivity index (χ4n) is 2.45. The minimum Gasteiger partial charge on any atom is -0.298 e. The second-order valence-corrected chi connectivity index (χ2v) is 4.66. The Bertz CT molecular complexity index is 273. The van der Waals surface area contributed by atoms with Gasteiger partial charge in [0.15, 0.2) is 0 Å². The van der Waals surface area contributed by atoms with Crippen molar-refractivity contribution < 1.29 is 4.79 Å². The van der Waals surface area contributed by atoms with Gasteiger partial charge < -0.3 is 0 Å². The van der Waals surface area contributed by atoms with E-state index in [1.54, 1.807) is 0 Å². The van der Waals surface area contributed by atoms with Crippen molar-refractivity contribution in [3.63, 3.8) is 0 Å². The molecule has 0 saturated carbocycles. The van der Waals surface area contributed by atoms with Gasteiger partial charge >= 0.3 is 0 Å². The highest BCUT2D eigenvalue weighted by Gasteiger charge is 2.24. The number of carbonyl (C=O) groups is 1. The molecule has 1 aliphatic rings. The Balaban J connectivity index is 2.84. The molecule has 0 heterocycles. The van der Waals surface area contributed by atoms with Gasteiger partial charge in [0.25, 0.3) is 0 Å². The van der Waals surface area contributed by atoms with Gasteiger partial charge in [0, 0.05) is 0 Å². The zero-order valence-electron chi connectivity index (χ0n) is 9.58. The van der Waals surface area contributed by atoms with Crippen molar-refractivity contribution in [1.82, 2.24) is 0 Å². The van der Waals surface area contributed by atoms with Crippen molar-refractivity contribution in [2.24, 2.45) is 17.8 Å². The molecule has 0 saturated heterocycles. The molecule has 78 valence electrons. The minimum atomic E-state index is 0.531. The minimum absolute atomic E-state index is 0.531. The van der Waals surface area contributed by atoms with Gasteiger partial charge in [-0.1, -0.05) is 31.6 Å². The van der Waals surface area contributed by atoms with E-state index in [0.29, 0.717) is 17.8 Å². The third kappa shape index (κ3) is 2.57. The first kappa shape index (κ1) is 11.2. The average molecular weight is 192 g/mol. The highest BCUT2D eigenvalue weighted by Crippen LogP contribution is 2.34. The van der Waals surface area contributed by atoms with Crippen LogP contribution in [0.3, 0.4) is 0 Å². The van der Waals surface area contributed by atoms with Gasteiger partial charge in [0.05, 0.1) is 0 Å². The number of allylic oxidation sites excluding steroid dienone is 4. The van der Waals surface area contributed by atoms with Gasteiger partial charge in [-0.05, 0) is 43.6 Å². The van der Waals surface area contributed by atoms with Gasteiger partial charge in [-0.15, -0.1) is 0 Å². The molecule has 1 nitrogen and oxygen atoms in total. The van der Waals surface area contributed by atoms with E-state index in [1.165, 1.54) is 5.57 Å². The topological polar surface area (TPSA) is 17.1 Å². The monoisotopic (exact) mass is 192 g/mol. The Hall–Kier alpha value is -0.850. The summed E-state index contributed by atoms with van der Waals surface area (Å²) in [7, 11) is 0. The smallest absolute Gasteiger partial charge is 0.145 e. The van der Waals surface area contributed by atoms with Crippen LogP contribution in [0.15, 0.2) is 23.3 Å². The Morgan fingerprint density at radius 3 is 2.64 bits per heavy atom. The van der Waals surface area contributed by atoms with Gasteiger partial charge in [-0.25, -0.2) is 0 Å². The lowest BCUT2D eigenvalue weighted by Gasteiger charge is -2.31. The quantitative estimate of drug-likeness (QED) is 0.372. The lowest BCUT2D eigenvalue weighted by molar-refractivity contribution is -0.104. The summed E-state index contributed by atoms with van der Waals surface area (Å²) in [5.41, 5.74) is 2.35. The van der Waals surface area contributed by atoms with Crippen molar-refractivity contribution in [1.29, 1.82) is 0 Å². The number of carbonyl (C=O) groups excluding carboxylic acids is 1. The molecular formula is C13H20O. The SMILES string of the molecule is CC1=CC(C)C(/C=C(/C)C=O)C(C)C1. The van der Waals surface area contributed by atoms with Crippen LogP contribution in [-0.4, -0.2) is 6.29 Å². The number of aldehydes is 1. The molecule has 1 aliphatic carbocycles. The van der Waals surface area contributed by atoms with Crippen LogP contribution in [0.5, 0.6) is 0 Å². The highest BCUT2D eigenvalue weighted by atomic mass is 16.1. The summed E-state index contributed by atoms with van der Waals surface area (Å²) in [4.78, 5) is 10.6. The van der Waals surface area contributed by atoms with Crippen LogP contribution in [0.2, 0.25) is 0 Å². The fourth-order valence-corrected chi connectivity index (χ4v) is 2.45. The van der Waals surface area contributed by atoms with E-state index in [4.69, 9.17) is 0 Å². The molecule has 0 aromatic carbocycles. The molecular weight excluding hydrogens is 172 g/mol. The van der Waals surface area contributed by atoms with Crippen LogP contribution in [-0.2, 0) is 4.79 Å². The van der Waals surface area contributed by atoms with E-state index < -0.39 is 0 Å². The van der Waals surface area contributed by atoms with Gasteiger partial charge in [-0.3, -0.25) is 4.79 Å². The standard InChI is InChI=1S/C13H20O/c1-9-5-11(3)13(12(4)6-9)7-10(2)8-14/h5,7-8,11-13H,6H2,1-4H3/b10-7-. The summed E-state index contributed by atoms with van der Waals surface area (Å²) in [5.74, 6) is 1.75. The second kappa shape index (κ2) is 4.59. The van der Waals surface area contributed by atoms with Crippen LogP contribution < -0.4 is 0 Å². The zero-order chi connectivity index (χ0) is 10.7. The molecule has 0 amide bonds. The largest absolute Gasteiger partial charge is 0.298 e. The Kier molecular flexibility index (Phi) is 3.68. The van der Waals surface area contributed by atoms with Crippen LogP contribution in [0.25, 0.3) is 0 Å².